The fourth-order valence-electron chi connectivity index (χ4n) is 3.09. The smallest absolute Gasteiger partial charge is 0.336 e. The van der Waals surface area contributed by atoms with Crippen LogP contribution in [0.2, 0.25) is 0 Å². The molecule has 2 aromatic carbocycles. The molecule has 0 fully saturated rings. The normalized spacial score (nSPS) is 11.3. The number of rotatable bonds is 6. The lowest BCUT2D eigenvalue weighted by Crippen LogP contribution is -2.18. The number of aryl methyl sites for hydroxylation is 1. The minimum Gasteiger partial charge on any atom is -0.494 e. The molecule has 1 heterocycles. The van der Waals surface area contributed by atoms with Crippen molar-refractivity contribution in [2.24, 2.45) is 0 Å². The summed E-state index contributed by atoms with van der Waals surface area (Å²) < 4.78 is 24.2. The van der Waals surface area contributed by atoms with Crippen molar-refractivity contribution in [3.63, 3.8) is 0 Å². The van der Waals surface area contributed by atoms with Crippen LogP contribution < -0.4 is 10.4 Å². The van der Waals surface area contributed by atoms with Gasteiger partial charge in [0.1, 0.15) is 5.58 Å². The highest BCUT2D eigenvalue weighted by Crippen LogP contribution is 2.22. The summed E-state index contributed by atoms with van der Waals surface area (Å²) >= 11 is 0. The highest BCUT2D eigenvalue weighted by Gasteiger charge is 2.11. The average Bonchev–Trinajstić information content (AvgIpc) is 2.61. The summed E-state index contributed by atoms with van der Waals surface area (Å²) in [5, 5.41) is 0.926. The van der Waals surface area contributed by atoms with Crippen molar-refractivity contribution in [3.05, 3.63) is 75.4 Å². The van der Waals surface area contributed by atoms with Crippen molar-refractivity contribution in [1.29, 1.82) is 0 Å². The topological polar surface area (TPSA) is 42.7 Å². The van der Waals surface area contributed by atoms with E-state index in [-0.39, 0.29) is 17.2 Å². The second-order valence-electron chi connectivity index (χ2n) is 6.42. The van der Waals surface area contributed by atoms with E-state index in [4.69, 9.17) is 9.15 Å². The zero-order valence-corrected chi connectivity index (χ0v) is 15.2. The predicted molar refractivity (Wildman–Crippen MR) is 100.0 cm³/mol. The number of methoxy groups -OCH3 is 1. The molecule has 1 aromatic heterocycles. The van der Waals surface area contributed by atoms with Gasteiger partial charge in [-0.25, -0.2) is 9.18 Å². The van der Waals surface area contributed by atoms with Gasteiger partial charge in [0.25, 0.3) is 0 Å². The van der Waals surface area contributed by atoms with Crippen LogP contribution in [-0.2, 0) is 19.5 Å². The highest BCUT2D eigenvalue weighted by atomic mass is 19.1. The molecule has 0 aliphatic heterocycles. The zero-order valence-electron chi connectivity index (χ0n) is 15.2. The Hall–Kier alpha value is -2.66. The SMILES string of the molecule is CCc1ccc2c(CN(C)Cc3ccc(OC)c(F)c3)cc(=O)oc2c1. The van der Waals surface area contributed by atoms with Gasteiger partial charge in [-0.05, 0) is 48.4 Å². The van der Waals surface area contributed by atoms with Crippen molar-refractivity contribution in [2.75, 3.05) is 14.2 Å². The molecule has 0 amide bonds. The molecule has 0 saturated carbocycles. The first kappa shape index (κ1) is 18.1. The van der Waals surface area contributed by atoms with E-state index >= 15 is 0 Å². The molecule has 5 heteroatoms. The molecule has 4 nitrogen and oxygen atoms in total. The molecule has 0 unspecified atom stereocenters. The Bertz CT molecular complexity index is 981. The Morgan fingerprint density at radius 2 is 1.85 bits per heavy atom. The van der Waals surface area contributed by atoms with Gasteiger partial charge >= 0.3 is 5.63 Å². The molecule has 0 spiro atoms. The quantitative estimate of drug-likeness (QED) is 0.624. The van der Waals surface area contributed by atoms with Gasteiger partial charge in [0, 0.05) is 24.5 Å². The molecule has 0 radical (unpaired) electrons. The average molecular weight is 355 g/mol. The first-order chi connectivity index (χ1) is 12.5. The van der Waals surface area contributed by atoms with Gasteiger partial charge in [0.15, 0.2) is 11.6 Å². The first-order valence-electron chi connectivity index (χ1n) is 8.56. The Kier molecular flexibility index (Phi) is 5.38. The molecule has 0 aliphatic rings. The molecule has 26 heavy (non-hydrogen) atoms. The van der Waals surface area contributed by atoms with Crippen molar-refractivity contribution >= 4 is 11.0 Å². The number of hydrogen-bond donors (Lipinski definition) is 0. The highest BCUT2D eigenvalue weighted by molar-refractivity contribution is 5.80. The number of fused-ring (bicyclic) bond motifs is 1. The van der Waals surface area contributed by atoms with E-state index in [0.29, 0.717) is 18.7 Å². The van der Waals surface area contributed by atoms with Gasteiger partial charge in [-0.1, -0.05) is 25.1 Å². The molecule has 0 bridgehead atoms. The number of halogens is 1. The third-order valence-corrected chi connectivity index (χ3v) is 4.41. The standard InChI is InChI=1S/C21H22FNO3/c1-4-14-5-7-17-16(11-21(24)26-20(17)10-14)13-23(2)12-15-6-8-19(25-3)18(22)9-15/h5-11H,4,12-13H2,1-3H3. The third-order valence-electron chi connectivity index (χ3n) is 4.41. The Balaban J connectivity index is 1.84. The summed E-state index contributed by atoms with van der Waals surface area (Å²) in [5.41, 5.74) is 3.11. The summed E-state index contributed by atoms with van der Waals surface area (Å²) in [5.74, 6) is -0.147. The summed E-state index contributed by atoms with van der Waals surface area (Å²) in [6, 6.07) is 12.4. The van der Waals surface area contributed by atoms with Crippen LogP contribution in [0.15, 0.2) is 51.7 Å². The molecule has 3 aromatic rings. The van der Waals surface area contributed by atoms with E-state index in [2.05, 4.69) is 6.92 Å². The molecule has 3 rings (SSSR count). The molecular weight excluding hydrogens is 333 g/mol. The molecule has 0 saturated heterocycles. The van der Waals surface area contributed by atoms with Crippen molar-refractivity contribution < 1.29 is 13.5 Å². The zero-order chi connectivity index (χ0) is 18.7. The van der Waals surface area contributed by atoms with Crippen LogP contribution in [0, 0.1) is 5.82 Å². The number of benzene rings is 2. The summed E-state index contributed by atoms with van der Waals surface area (Å²) in [6.45, 7) is 3.17. The van der Waals surface area contributed by atoms with E-state index in [1.54, 1.807) is 6.07 Å². The second kappa shape index (κ2) is 7.70. The van der Waals surface area contributed by atoms with E-state index in [1.165, 1.54) is 19.2 Å². The van der Waals surface area contributed by atoms with Crippen LogP contribution in [0.3, 0.4) is 0 Å². The second-order valence-corrected chi connectivity index (χ2v) is 6.42. The summed E-state index contributed by atoms with van der Waals surface area (Å²) in [6.07, 6.45) is 0.882. The third kappa shape index (κ3) is 3.94. The Labute approximate surface area is 151 Å². The van der Waals surface area contributed by atoms with Crippen LogP contribution in [0.1, 0.15) is 23.6 Å². The van der Waals surface area contributed by atoms with Gasteiger partial charge in [0.05, 0.1) is 7.11 Å². The van der Waals surface area contributed by atoms with Crippen molar-refractivity contribution in [3.8, 4) is 5.75 Å². The fraction of sp³-hybridized carbons (Fsp3) is 0.286. The predicted octanol–water partition coefficient (Wildman–Crippen LogP) is 4.14. The van der Waals surface area contributed by atoms with Gasteiger partial charge in [-0.15, -0.1) is 0 Å². The van der Waals surface area contributed by atoms with E-state index in [0.717, 1.165) is 28.5 Å². The van der Waals surface area contributed by atoms with Crippen LogP contribution in [0.25, 0.3) is 11.0 Å². The van der Waals surface area contributed by atoms with Crippen LogP contribution in [0.4, 0.5) is 4.39 Å². The lowest BCUT2D eigenvalue weighted by Gasteiger charge is -2.18. The first-order valence-corrected chi connectivity index (χ1v) is 8.56. The maximum atomic E-state index is 13.9. The number of nitrogens with zero attached hydrogens (tertiary/aromatic N) is 1. The minimum atomic E-state index is -0.378. The lowest BCUT2D eigenvalue weighted by molar-refractivity contribution is 0.318. The monoisotopic (exact) mass is 355 g/mol. The van der Waals surface area contributed by atoms with Crippen LogP contribution in [-0.4, -0.2) is 19.1 Å². The number of hydrogen-bond acceptors (Lipinski definition) is 4. The van der Waals surface area contributed by atoms with Crippen LogP contribution in [0.5, 0.6) is 5.75 Å². The molecular formula is C21H22FNO3. The van der Waals surface area contributed by atoms with E-state index in [1.807, 2.05) is 36.2 Å². The Morgan fingerprint density at radius 1 is 1.08 bits per heavy atom. The summed E-state index contributed by atoms with van der Waals surface area (Å²) in [4.78, 5) is 13.9. The lowest BCUT2D eigenvalue weighted by atomic mass is 10.1. The van der Waals surface area contributed by atoms with Crippen molar-refractivity contribution in [2.45, 2.75) is 26.4 Å². The number of ether oxygens (including phenoxy) is 1. The molecule has 0 aliphatic carbocycles. The molecule has 0 atom stereocenters. The van der Waals surface area contributed by atoms with Gasteiger partial charge in [0.2, 0.25) is 0 Å². The maximum absolute atomic E-state index is 13.9. The van der Waals surface area contributed by atoms with Crippen molar-refractivity contribution in [1.82, 2.24) is 4.90 Å². The van der Waals surface area contributed by atoms with Gasteiger partial charge < -0.3 is 9.15 Å². The van der Waals surface area contributed by atoms with Gasteiger partial charge in [-0.2, -0.15) is 0 Å². The van der Waals surface area contributed by atoms with E-state index in [9.17, 15) is 9.18 Å². The van der Waals surface area contributed by atoms with E-state index < -0.39 is 0 Å². The maximum Gasteiger partial charge on any atom is 0.336 e. The largest absolute Gasteiger partial charge is 0.494 e. The van der Waals surface area contributed by atoms with Crippen LogP contribution >= 0.6 is 0 Å². The minimum absolute atomic E-state index is 0.231. The fourth-order valence-corrected chi connectivity index (χ4v) is 3.09. The molecule has 0 N–H and O–H groups in total. The molecule has 136 valence electrons. The Morgan fingerprint density at radius 3 is 2.54 bits per heavy atom. The summed E-state index contributed by atoms with van der Waals surface area (Å²) in [7, 11) is 3.38. The van der Waals surface area contributed by atoms with Gasteiger partial charge in [-0.3, -0.25) is 4.90 Å².